The summed E-state index contributed by atoms with van der Waals surface area (Å²) in [6, 6.07) is 0. The fourth-order valence-corrected chi connectivity index (χ4v) is 3.33. The van der Waals surface area contributed by atoms with E-state index in [2.05, 4.69) is 15.4 Å². The van der Waals surface area contributed by atoms with Crippen LogP contribution < -0.4 is 16.8 Å². The van der Waals surface area contributed by atoms with E-state index in [0.717, 1.165) is 29.5 Å². The number of thiophene rings is 1. The van der Waals surface area contributed by atoms with Gasteiger partial charge in [-0.2, -0.15) is 0 Å². The van der Waals surface area contributed by atoms with Crippen molar-refractivity contribution in [3.05, 3.63) is 20.8 Å². The second kappa shape index (κ2) is 4.04. The molecular formula is C9H11ClN4OS. The summed E-state index contributed by atoms with van der Waals surface area (Å²) in [7, 11) is 0. The molecule has 2 aromatic heterocycles. The molecule has 0 radical (unpaired) electrons. The number of nitrogens with one attached hydrogen (secondary N) is 2. The predicted molar refractivity (Wildman–Crippen MR) is 67.3 cm³/mol. The SMILES string of the molecule is Cl.NNc1nc2sc3c(c2c(=O)[nH]1)CCC3. The number of anilines is 1. The van der Waals surface area contributed by atoms with Crippen LogP contribution in [0.1, 0.15) is 16.9 Å². The van der Waals surface area contributed by atoms with E-state index in [1.807, 2.05) is 0 Å². The van der Waals surface area contributed by atoms with Crippen LogP contribution in [0.25, 0.3) is 10.2 Å². The van der Waals surface area contributed by atoms with Gasteiger partial charge in [-0.1, -0.05) is 0 Å². The Morgan fingerprint density at radius 3 is 3.00 bits per heavy atom. The maximum atomic E-state index is 11.8. The van der Waals surface area contributed by atoms with Gasteiger partial charge in [-0.3, -0.25) is 15.2 Å². The highest BCUT2D eigenvalue weighted by molar-refractivity contribution is 7.18. The van der Waals surface area contributed by atoms with Crippen LogP contribution in [-0.4, -0.2) is 9.97 Å². The van der Waals surface area contributed by atoms with Crippen molar-refractivity contribution in [1.29, 1.82) is 0 Å². The summed E-state index contributed by atoms with van der Waals surface area (Å²) in [5.74, 6) is 5.55. The number of nitrogen functional groups attached to an aromatic ring is 1. The Bertz CT molecular complexity index is 591. The number of aryl methyl sites for hydroxylation is 2. The van der Waals surface area contributed by atoms with Crippen LogP contribution in [0.15, 0.2) is 4.79 Å². The van der Waals surface area contributed by atoms with Gasteiger partial charge in [0.2, 0.25) is 5.95 Å². The summed E-state index contributed by atoms with van der Waals surface area (Å²) >= 11 is 1.60. The Labute approximate surface area is 101 Å². The lowest BCUT2D eigenvalue weighted by molar-refractivity contribution is 0.916. The van der Waals surface area contributed by atoms with Gasteiger partial charge in [-0.15, -0.1) is 23.7 Å². The van der Waals surface area contributed by atoms with Crippen LogP contribution in [0.5, 0.6) is 0 Å². The smallest absolute Gasteiger partial charge is 0.261 e. The summed E-state index contributed by atoms with van der Waals surface area (Å²) < 4.78 is 0. The van der Waals surface area contributed by atoms with Crippen LogP contribution in [0.4, 0.5) is 5.95 Å². The minimum Gasteiger partial charge on any atom is -0.294 e. The van der Waals surface area contributed by atoms with Gasteiger partial charge >= 0.3 is 0 Å². The summed E-state index contributed by atoms with van der Waals surface area (Å²) in [5.41, 5.74) is 3.46. The van der Waals surface area contributed by atoms with Crippen LogP contribution in [-0.2, 0) is 12.8 Å². The zero-order chi connectivity index (χ0) is 10.4. The lowest BCUT2D eigenvalue weighted by Gasteiger charge is -1.98. The molecule has 0 amide bonds. The predicted octanol–water partition coefficient (Wildman–Crippen LogP) is 1.18. The van der Waals surface area contributed by atoms with Gasteiger partial charge in [0.25, 0.3) is 5.56 Å². The number of halogens is 1. The molecule has 7 heteroatoms. The molecule has 0 bridgehead atoms. The van der Waals surface area contributed by atoms with E-state index in [0.29, 0.717) is 5.95 Å². The van der Waals surface area contributed by atoms with Crippen molar-refractivity contribution in [3.8, 4) is 0 Å². The molecule has 0 saturated carbocycles. The monoisotopic (exact) mass is 258 g/mol. The van der Waals surface area contributed by atoms with Gasteiger partial charge in [0, 0.05) is 4.88 Å². The minimum absolute atomic E-state index is 0. The molecule has 0 fully saturated rings. The standard InChI is InChI=1S/C9H10N4OS.ClH/c10-13-9-11-7(14)6-4-2-1-3-5(4)15-8(6)12-9;/h1-3,10H2,(H2,11,12,13,14);1H. The summed E-state index contributed by atoms with van der Waals surface area (Å²) in [6.45, 7) is 0. The highest BCUT2D eigenvalue weighted by atomic mass is 35.5. The molecule has 3 rings (SSSR count). The van der Waals surface area contributed by atoms with Crippen molar-refractivity contribution in [3.63, 3.8) is 0 Å². The maximum absolute atomic E-state index is 11.8. The Balaban J connectivity index is 0.000000963. The molecule has 86 valence electrons. The van der Waals surface area contributed by atoms with E-state index in [4.69, 9.17) is 5.84 Å². The first-order valence-corrected chi connectivity index (χ1v) is 5.62. The third kappa shape index (κ3) is 1.50. The molecule has 16 heavy (non-hydrogen) atoms. The number of fused-ring (bicyclic) bond motifs is 3. The van der Waals surface area contributed by atoms with Crippen LogP contribution in [0.3, 0.4) is 0 Å². The molecule has 1 aliphatic carbocycles. The van der Waals surface area contributed by atoms with Gasteiger partial charge in [-0.05, 0) is 24.8 Å². The van der Waals surface area contributed by atoms with Gasteiger partial charge in [0.15, 0.2) is 0 Å². The molecule has 4 N–H and O–H groups in total. The largest absolute Gasteiger partial charge is 0.294 e. The van der Waals surface area contributed by atoms with Gasteiger partial charge in [0.05, 0.1) is 5.39 Å². The number of H-pyrrole nitrogens is 1. The number of rotatable bonds is 1. The van der Waals surface area contributed by atoms with Gasteiger partial charge < -0.3 is 0 Å². The highest BCUT2D eigenvalue weighted by Crippen LogP contribution is 2.34. The fourth-order valence-electron chi connectivity index (χ4n) is 2.07. The first-order valence-electron chi connectivity index (χ1n) is 4.81. The van der Waals surface area contributed by atoms with Crippen molar-refractivity contribution < 1.29 is 0 Å². The minimum atomic E-state index is -0.0904. The topological polar surface area (TPSA) is 83.8 Å². The second-order valence-electron chi connectivity index (χ2n) is 3.60. The summed E-state index contributed by atoms with van der Waals surface area (Å²) in [6.07, 6.45) is 3.21. The molecular weight excluding hydrogens is 248 g/mol. The number of hydrazine groups is 1. The first-order chi connectivity index (χ1) is 7.29. The molecule has 0 spiro atoms. The normalized spacial score (nSPS) is 13.6. The third-order valence-corrected chi connectivity index (χ3v) is 3.90. The number of nitrogens with zero attached hydrogens (tertiary/aromatic N) is 1. The molecule has 0 unspecified atom stereocenters. The summed E-state index contributed by atoms with van der Waals surface area (Å²) in [4.78, 5) is 20.8. The average molecular weight is 259 g/mol. The van der Waals surface area contributed by atoms with E-state index < -0.39 is 0 Å². The quantitative estimate of drug-likeness (QED) is 0.530. The number of aromatic nitrogens is 2. The Morgan fingerprint density at radius 2 is 2.25 bits per heavy atom. The van der Waals surface area contributed by atoms with Gasteiger partial charge in [0.1, 0.15) is 4.83 Å². The third-order valence-electron chi connectivity index (χ3n) is 2.71. The molecule has 0 saturated heterocycles. The molecule has 2 aromatic rings. The zero-order valence-corrected chi connectivity index (χ0v) is 10.0. The number of nitrogens with two attached hydrogens (primary N) is 1. The van der Waals surface area contributed by atoms with Gasteiger partial charge in [-0.25, -0.2) is 10.8 Å². The first kappa shape index (κ1) is 11.4. The van der Waals surface area contributed by atoms with Crippen LogP contribution in [0.2, 0.25) is 0 Å². The van der Waals surface area contributed by atoms with E-state index in [1.165, 1.54) is 10.4 Å². The molecule has 0 atom stereocenters. The summed E-state index contributed by atoms with van der Waals surface area (Å²) in [5, 5.41) is 0.756. The Kier molecular flexibility index (Phi) is 2.88. The molecule has 1 aliphatic rings. The lowest BCUT2D eigenvalue weighted by atomic mass is 10.2. The van der Waals surface area contributed by atoms with Crippen molar-refractivity contribution in [2.45, 2.75) is 19.3 Å². The average Bonchev–Trinajstić information content (AvgIpc) is 2.75. The van der Waals surface area contributed by atoms with Crippen molar-refractivity contribution >= 4 is 39.9 Å². The molecule has 0 aromatic carbocycles. The fraction of sp³-hybridized carbons (Fsp3) is 0.333. The Hall–Kier alpha value is -1.11. The van der Waals surface area contributed by atoms with Crippen LogP contribution >= 0.6 is 23.7 Å². The zero-order valence-electron chi connectivity index (χ0n) is 8.37. The van der Waals surface area contributed by atoms with E-state index in [-0.39, 0.29) is 18.0 Å². The molecule has 0 aliphatic heterocycles. The number of aromatic amines is 1. The van der Waals surface area contributed by atoms with Crippen LogP contribution in [0, 0.1) is 0 Å². The van der Waals surface area contributed by atoms with E-state index in [9.17, 15) is 4.79 Å². The van der Waals surface area contributed by atoms with Crippen molar-refractivity contribution in [2.24, 2.45) is 5.84 Å². The lowest BCUT2D eigenvalue weighted by Crippen LogP contribution is -2.16. The molecule has 2 heterocycles. The van der Waals surface area contributed by atoms with Crippen molar-refractivity contribution in [1.82, 2.24) is 9.97 Å². The van der Waals surface area contributed by atoms with E-state index >= 15 is 0 Å². The molecule has 5 nitrogen and oxygen atoms in total. The number of hydrogen-bond acceptors (Lipinski definition) is 5. The Morgan fingerprint density at radius 1 is 1.44 bits per heavy atom. The number of hydrogen-bond donors (Lipinski definition) is 3. The second-order valence-corrected chi connectivity index (χ2v) is 4.68. The highest BCUT2D eigenvalue weighted by Gasteiger charge is 2.20. The maximum Gasteiger partial charge on any atom is 0.261 e. The van der Waals surface area contributed by atoms with E-state index in [1.54, 1.807) is 11.3 Å². The van der Waals surface area contributed by atoms with Crippen molar-refractivity contribution in [2.75, 3.05) is 5.43 Å².